The van der Waals surface area contributed by atoms with Crippen LogP contribution in [0.3, 0.4) is 0 Å². The summed E-state index contributed by atoms with van der Waals surface area (Å²) >= 11 is 5.76. The molecular weight excluding hydrogens is 383 g/mol. The summed E-state index contributed by atoms with van der Waals surface area (Å²) < 4.78 is 16.7. The van der Waals surface area contributed by atoms with Crippen molar-refractivity contribution in [2.75, 3.05) is 5.32 Å². The van der Waals surface area contributed by atoms with Crippen LogP contribution in [-0.4, -0.2) is 20.0 Å². The summed E-state index contributed by atoms with van der Waals surface area (Å²) in [6.07, 6.45) is 3.85. The fraction of sp³-hybridized carbons (Fsp3) is 0.350. The molecule has 0 bridgehead atoms. The van der Waals surface area contributed by atoms with E-state index in [9.17, 15) is 14.0 Å². The highest BCUT2D eigenvalue weighted by Crippen LogP contribution is 2.21. The van der Waals surface area contributed by atoms with Crippen molar-refractivity contribution in [3.63, 3.8) is 0 Å². The van der Waals surface area contributed by atoms with Gasteiger partial charge in [0.2, 0.25) is 5.91 Å². The van der Waals surface area contributed by atoms with Gasteiger partial charge >= 0.3 is 0 Å². The topological polar surface area (TPSA) is 68.9 Å². The molecule has 0 atom stereocenters. The van der Waals surface area contributed by atoms with Crippen molar-refractivity contribution in [2.45, 2.75) is 45.7 Å². The number of aromatic nitrogens is 3. The largest absolute Gasteiger partial charge is 0.330 e. The van der Waals surface area contributed by atoms with E-state index in [1.165, 1.54) is 18.2 Å². The first-order chi connectivity index (χ1) is 13.4. The summed E-state index contributed by atoms with van der Waals surface area (Å²) in [5.41, 5.74) is 2.14. The molecule has 0 fully saturated rings. The molecule has 0 aliphatic carbocycles. The maximum Gasteiger partial charge on any atom is 0.278 e. The van der Waals surface area contributed by atoms with E-state index in [0.29, 0.717) is 23.3 Å². The van der Waals surface area contributed by atoms with Gasteiger partial charge in [-0.05, 0) is 44.0 Å². The van der Waals surface area contributed by atoms with E-state index in [0.717, 1.165) is 37.2 Å². The maximum absolute atomic E-state index is 13.3. The van der Waals surface area contributed by atoms with Crippen molar-refractivity contribution >= 4 is 34.2 Å². The van der Waals surface area contributed by atoms with Gasteiger partial charge in [-0.2, -0.15) is 0 Å². The Kier molecular flexibility index (Phi) is 4.93. The molecule has 28 heavy (non-hydrogen) atoms. The van der Waals surface area contributed by atoms with Crippen LogP contribution in [0.15, 0.2) is 29.1 Å². The van der Waals surface area contributed by atoms with Crippen LogP contribution < -0.4 is 10.9 Å². The number of carbonyl (C=O) groups is 1. The second-order valence-corrected chi connectivity index (χ2v) is 7.49. The smallest absolute Gasteiger partial charge is 0.278 e. The Balaban J connectivity index is 1.67. The van der Waals surface area contributed by atoms with Crippen molar-refractivity contribution in [2.24, 2.45) is 0 Å². The average Bonchev–Trinajstić information content (AvgIpc) is 2.82. The zero-order valence-corrected chi connectivity index (χ0v) is 16.2. The molecule has 0 unspecified atom stereocenters. The quantitative estimate of drug-likeness (QED) is 0.726. The van der Waals surface area contributed by atoms with Crippen molar-refractivity contribution < 1.29 is 9.18 Å². The van der Waals surface area contributed by atoms with Gasteiger partial charge < -0.3 is 9.88 Å². The summed E-state index contributed by atoms with van der Waals surface area (Å²) in [6.45, 7) is 2.46. The molecule has 0 saturated carbocycles. The summed E-state index contributed by atoms with van der Waals surface area (Å²) in [7, 11) is 0. The van der Waals surface area contributed by atoms with E-state index < -0.39 is 5.82 Å². The lowest BCUT2D eigenvalue weighted by Crippen LogP contribution is -2.28. The lowest BCUT2D eigenvalue weighted by Gasteiger charge is -2.12. The lowest BCUT2D eigenvalue weighted by molar-refractivity contribution is -0.116. The van der Waals surface area contributed by atoms with Gasteiger partial charge in [0, 0.05) is 24.3 Å². The Hall–Kier alpha value is -2.67. The number of carbonyl (C=O) groups excluding carboxylic acids is 1. The summed E-state index contributed by atoms with van der Waals surface area (Å²) in [5.74, 6) is -0.0631. The fourth-order valence-corrected chi connectivity index (χ4v) is 3.87. The van der Waals surface area contributed by atoms with Crippen LogP contribution in [0.2, 0.25) is 5.02 Å². The first-order valence-corrected chi connectivity index (χ1v) is 9.66. The fourth-order valence-electron chi connectivity index (χ4n) is 3.69. The number of hydrogen-bond acceptors (Lipinski definition) is 3. The number of hydrogen-bond donors (Lipinski definition) is 1. The van der Waals surface area contributed by atoms with Crippen molar-refractivity contribution in [3.8, 4) is 0 Å². The average molecular weight is 403 g/mol. The van der Waals surface area contributed by atoms with Crippen LogP contribution in [0.4, 0.5) is 10.1 Å². The van der Waals surface area contributed by atoms with Gasteiger partial charge in [-0.1, -0.05) is 18.0 Å². The Morgan fingerprint density at radius 1 is 1.29 bits per heavy atom. The summed E-state index contributed by atoms with van der Waals surface area (Å²) in [6, 6.07) is 5.83. The molecule has 2 aromatic heterocycles. The number of nitrogens with one attached hydrogen (secondary N) is 1. The molecule has 6 nitrogen and oxygen atoms in total. The van der Waals surface area contributed by atoms with Crippen LogP contribution in [0, 0.1) is 12.7 Å². The minimum atomic E-state index is -0.549. The minimum Gasteiger partial charge on any atom is -0.330 e. The van der Waals surface area contributed by atoms with Crippen molar-refractivity contribution in [3.05, 3.63) is 57.0 Å². The van der Waals surface area contributed by atoms with Crippen LogP contribution in [0.5, 0.6) is 0 Å². The number of nitrogens with zero attached hydrogens (tertiary/aromatic N) is 3. The van der Waals surface area contributed by atoms with Gasteiger partial charge in [-0.25, -0.2) is 9.37 Å². The molecule has 4 rings (SSSR count). The third kappa shape index (κ3) is 3.42. The lowest BCUT2D eigenvalue weighted by atomic mass is 10.2. The molecular formula is C20H20ClFN4O2. The third-order valence-corrected chi connectivity index (χ3v) is 5.37. The van der Waals surface area contributed by atoms with E-state index in [1.54, 1.807) is 9.13 Å². The Labute approximate surface area is 165 Å². The van der Waals surface area contributed by atoms with Gasteiger partial charge in [0.1, 0.15) is 23.7 Å². The number of benzene rings is 1. The molecule has 3 heterocycles. The Morgan fingerprint density at radius 2 is 2.11 bits per heavy atom. The molecule has 146 valence electrons. The second kappa shape index (κ2) is 7.39. The number of aryl methyl sites for hydroxylation is 2. The number of anilines is 1. The highest BCUT2D eigenvalue weighted by molar-refractivity contribution is 6.31. The van der Waals surface area contributed by atoms with E-state index in [2.05, 4.69) is 10.3 Å². The van der Waals surface area contributed by atoms with Crippen LogP contribution in [0.25, 0.3) is 11.0 Å². The van der Waals surface area contributed by atoms with Gasteiger partial charge in [0.25, 0.3) is 5.56 Å². The molecule has 0 spiro atoms. The van der Waals surface area contributed by atoms with Crippen molar-refractivity contribution in [1.82, 2.24) is 14.1 Å². The third-order valence-electron chi connectivity index (χ3n) is 5.08. The van der Waals surface area contributed by atoms with Crippen LogP contribution in [0.1, 0.15) is 30.8 Å². The molecule has 3 aromatic rings. The van der Waals surface area contributed by atoms with E-state index >= 15 is 0 Å². The number of amides is 1. The standard InChI is InChI=1S/C20H20ClFN4O2/c1-12-9-16-19(20(28)25-8-4-2-3-5-17(25)24-16)26(12)11-18(27)23-13-6-7-15(22)14(21)10-13/h6-7,9-10H,2-5,8,11H2,1H3,(H,23,27). The predicted molar refractivity (Wildman–Crippen MR) is 106 cm³/mol. The molecule has 0 saturated heterocycles. The molecule has 1 aliphatic heterocycles. The predicted octanol–water partition coefficient (Wildman–Crippen LogP) is 3.66. The SMILES string of the molecule is Cc1cc2nc3n(c(=O)c2n1CC(=O)Nc1ccc(F)c(Cl)c1)CCCCC3. The molecule has 1 amide bonds. The highest BCUT2D eigenvalue weighted by atomic mass is 35.5. The van der Waals surface area contributed by atoms with E-state index in [1.807, 2.05) is 13.0 Å². The Bertz CT molecular complexity index is 1140. The number of halogens is 2. The van der Waals surface area contributed by atoms with Crippen molar-refractivity contribution in [1.29, 1.82) is 0 Å². The molecule has 1 aliphatic rings. The van der Waals surface area contributed by atoms with Gasteiger partial charge in [0.05, 0.1) is 10.5 Å². The van der Waals surface area contributed by atoms with E-state index in [4.69, 9.17) is 11.6 Å². The molecule has 1 aromatic carbocycles. The summed E-state index contributed by atoms with van der Waals surface area (Å²) in [4.78, 5) is 30.3. The molecule has 8 heteroatoms. The molecule has 1 N–H and O–H groups in total. The monoisotopic (exact) mass is 402 g/mol. The number of fused-ring (bicyclic) bond motifs is 2. The van der Waals surface area contributed by atoms with E-state index in [-0.39, 0.29) is 23.0 Å². The second-order valence-electron chi connectivity index (χ2n) is 7.08. The molecule has 0 radical (unpaired) electrons. The maximum atomic E-state index is 13.3. The zero-order valence-electron chi connectivity index (χ0n) is 15.5. The first-order valence-electron chi connectivity index (χ1n) is 9.28. The van der Waals surface area contributed by atoms with Crippen LogP contribution in [-0.2, 0) is 24.3 Å². The zero-order chi connectivity index (χ0) is 19.8. The first kappa shape index (κ1) is 18.7. The van der Waals surface area contributed by atoms with Gasteiger partial charge in [0.15, 0.2) is 0 Å². The van der Waals surface area contributed by atoms with Crippen LogP contribution >= 0.6 is 11.6 Å². The Morgan fingerprint density at radius 3 is 2.89 bits per heavy atom. The normalized spacial score (nSPS) is 14.0. The highest BCUT2D eigenvalue weighted by Gasteiger charge is 2.19. The van der Waals surface area contributed by atoms with Gasteiger partial charge in [-0.3, -0.25) is 14.2 Å². The minimum absolute atomic E-state index is 0.0411. The van der Waals surface area contributed by atoms with Gasteiger partial charge in [-0.15, -0.1) is 0 Å². The number of rotatable bonds is 3. The summed E-state index contributed by atoms with van der Waals surface area (Å²) in [5, 5.41) is 2.63.